The summed E-state index contributed by atoms with van der Waals surface area (Å²) in [7, 11) is 10.4. The quantitative estimate of drug-likeness (QED) is 0.0607. The third kappa shape index (κ3) is 23.0. The highest BCUT2D eigenvalue weighted by Gasteiger charge is 2.35. The van der Waals surface area contributed by atoms with Gasteiger partial charge >= 0.3 is 0 Å². The van der Waals surface area contributed by atoms with Crippen molar-refractivity contribution < 1.29 is 36.0 Å². The summed E-state index contributed by atoms with van der Waals surface area (Å²) in [4.78, 5) is 0. The minimum Gasteiger partial charge on any atom is -0.232 e. The van der Waals surface area contributed by atoms with Crippen molar-refractivity contribution in [3.05, 3.63) is 480 Å². The fourth-order valence-corrected chi connectivity index (χ4v) is 20.8. The second-order valence-corrected chi connectivity index (χ2v) is 41.7. The van der Waals surface area contributed by atoms with Crippen LogP contribution < -0.4 is 22.8 Å². The SMILES string of the molecule is Cc1cc(F)ccc1-c1n(-c2c(-c3ccccc3)cc(C(C)C)cc2-c2ccccc2)cc[n+]1C.Cc1cc(F)ccc1-c1n(-c2c(C(C)C)cc(-c3ccccc3)cc2C(C)C)cc[n+]1C.Cc1cc(F)ccc1-c1n(-c2c(C(C)C)cccc2C(C)C)cc[n+]1C.Cc1ccccc1-c1n(-c2c(-c3ccccc3)cccc2-c2ccccc2)cc[n+]1C.Cc1ccccc1-c1n(-c2c(C(C)C)cccc2C(C)C)cc[n+]1C. The molecule has 149 heavy (non-hydrogen) atoms. The molecule has 0 saturated heterocycles. The van der Waals surface area contributed by atoms with Crippen LogP contribution in [0.1, 0.15) is 205 Å². The fraction of sp³-hybridized carbons (Fsp3) is 0.228. The smallest absolute Gasteiger partial charge is 0.232 e. The topological polar surface area (TPSA) is 44.0 Å². The summed E-state index contributed by atoms with van der Waals surface area (Å²) in [5, 5.41) is 0. The third-order valence-electron chi connectivity index (χ3n) is 28.7. The summed E-state index contributed by atoms with van der Waals surface area (Å²) in [6.07, 6.45) is 21.3. The Balaban J connectivity index is 0.000000133. The summed E-state index contributed by atoms with van der Waals surface area (Å²) in [6.45, 7) is 41.8. The monoisotopic (exact) mass is 1970 g/mol. The highest BCUT2D eigenvalue weighted by molar-refractivity contribution is 5.89. The lowest BCUT2D eigenvalue weighted by molar-refractivity contribution is -0.659. The first kappa shape index (κ1) is 106. The summed E-state index contributed by atoms with van der Waals surface area (Å²) >= 11 is 0. The van der Waals surface area contributed by atoms with Crippen molar-refractivity contribution in [1.29, 1.82) is 0 Å². The number of aromatic nitrogens is 10. The Morgan fingerprint density at radius 1 is 0.181 bits per heavy atom. The lowest BCUT2D eigenvalue weighted by atomic mass is 9.88. The Hall–Kier alpha value is -15.9. The molecule has 0 radical (unpaired) electrons. The molecule has 0 amide bonds. The predicted molar refractivity (Wildman–Crippen MR) is 611 cm³/mol. The van der Waals surface area contributed by atoms with E-state index in [1.54, 1.807) is 24.3 Å². The van der Waals surface area contributed by atoms with Gasteiger partial charge in [0.1, 0.15) is 108 Å². The van der Waals surface area contributed by atoms with Crippen LogP contribution in [0.25, 0.3) is 141 Å². The normalized spacial score (nSPS) is 11.3. The van der Waals surface area contributed by atoms with Crippen LogP contribution in [0.3, 0.4) is 0 Å². The van der Waals surface area contributed by atoms with E-state index in [1.165, 1.54) is 163 Å². The van der Waals surface area contributed by atoms with Crippen LogP contribution in [0.2, 0.25) is 0 Å². The highest BCUT2D eigenvalue weighted by Crippen LogP contribution is 2.46. The van der Waals surface area contributed by atoms with Crippen LogP contribution in [-0.4, -0.2) is 22.8 Å². The Morgan fingerprint density at radius 2 is 0.403 bits per heavy atom. The van der Waals surface area contributed by atoms with Crippen molar-refractivity contribution in [1.82, 2.24) is 22.8 Å². The number of hydrogen-bond acceptors (Lipinski definition) is 0. The molecule has 0 aliphatic heterocycles. The minimum absolute atomic E-state index is 0.197. The zero-order valence-electron chi connectivity index (χ0n) is 91.2. The second-order valence-electron chi connectivity index (χ2n) is 41.7. The molecule has 5 heterocycles. The number of halogens is 3. The molecule has 0 unspecified atom stereocenters. The van der Waals surface area contributed by atoms with Crippen LogP contribution in [0.15, 0.2) is 396 Å². The van der Waals surface area contributed by atoms with E-state index in [0.29, 0.717) is 41.4 Å². The van der Waals surface area contributed by atoms with E-state index < -0.39 is 0 Å². The predicted octanol–water partition coefficient (Wildman–Crippen LogP) is 33.0. The van der Waals surface area contributed by atoms with Crippen LogP contribution >= 0.6 is 0 Å². The Bertz CT molecular complexity index is 7860. The molecule has 754 valence electrons. The Kier molecular flexibility index (Phi) is 33.3. The number of rotatable bonds is 22. The lowest BCUT2D eigenvalue weighted by Gasteiger charge is -2.20. The minimum atomic E-state index is -0.219. The van der Waals surface area contributed by atoms with Crippen molar-refractivity contribution in [3.8, 4) is 141 Å². The number of hydrogen-bond donors (Lipinski definition) is 0. The van der Waals surface area contributed by atoms with Gasteiger partial charge in [-0.15, -0.1) is 0 Å². The van der Waals surface area contributed by atoms with Gasteiger partial charge in [0.2, 0.25) is 0 Å². The summed E-state index contributed by atoms with van der Waals surface area (Å²) in [5.41, 5.74) is 38.4. The summed E-state index contributed by atoms with van der Waals surface area (Å²) in [6, 6.07) is 115. The molecular formula is C136H144F3N10+5. The Labute approximate surface area is 882 Å². The highest BCUT2D eigenvalue weighted by atomic mass is 19.1. The molecule has 13 heteroatoms. The van der Waals surface area contributed by atoms with Gasteiger partial charge in [0, 0.05) is 55.6 Å². The maximum atomic E-state index is 14.0. The first-order chi connectivity index (χ1) is 71.7. The lowest BCUT2D eigenvalue weighted by Crippen LogP contribution is -2.29. The molecular weight excluding hydrogens is 1830 g/mol. The van der Waals surface area contributed by atoms with Crippen molar-refractivity contribution in [3.63, 3.8) is 0 Å². The summed E-state index contributed by atoms with van der Waals surface area (Å²) in [5.74, 6) is 7.77. The third-order valence-corrected chi connectivity index (χ3v) is 28.7. The van der Waals surface area contributed by atoms with E-state index >= 15 is 0 Å². The van der Waals surface area contributed by atoms with Gasteiger partial charge < -0.3 is 0 Å². The number of benzene rings is 15. The molecule has 0 aliphatic rings. The van der Waals surface area contributed by atoms with Crippen LogP contribution in [0, 0.1) is 52.1 Å². The molecule has 15 aromatic carbocycles. The van der Waals surface area contributed by atoms with Crippen LogP contribution in [0.4, 0.5) is 13.2 Å². The van der Waals surface area contributed by atoms with Crippen molar-refractivity contribution in [2.24, 2.45) is 35.2 Å². The largest absolute Gasteiger partial charge is 0.294 e. The van der Waals surface area contributed by atoms with Gasteiger partial charge in [-0.05, 0) is 234 Å². The average molecular weight is 1980 g/mol. The molecule has 0 N–H and O–H groups in total. The van der Waals surface area contributed by atoms with Crippen LogP contribution in [-0.2, 0) is 35.2 Å². The molecule has 0 fully saturated rings. The van der Waals surface area contributed by atoms with E-state index in [1.807, 2.05) is 53.1 Å². The molecule has 20 rings (SSSR count). The van der Waals surface area contributed by atoms with E-state index in [4.69, 9.17) is 0 Å². The number of para-hydroxylation sites is 3. The van der Waals surface area contributed by atoms with Gasteiger partial charge in [-0.2, -0.15) is 22.8 Å². The van der Waals surface area contributed by atoms with Crippen molar-refractivity contribution in [2.45, 2.75) is 173 Å². The van der Waals surface area contributed by atoms with E-state index in [0.717, 1.165) is 56.5 Å². The first-order valence-corrected chi connectivity index (χ1v) is 52.5. The van der Waals surface area contributed by atoms with E-state index in [2.05, 4.69) is 519 Å². The number of nitrogens with zero attached hydrogens (tertiary/aromatic N) is 10. The van der Waals surface area contributed by atoms with Crippen molar-refractivity contribution in [2.75, 3.05) is 0 Å². The fourth-order valence-electron chi connectivity index (χ4n) is 20.8. The molecule has 0 saturated carbocycles. The van der Waals surface area contributed by atoms with Gasteiger partial charge in [-0.25, -0.2) is 36.0 Å². The first-order valence-electron chi connectivity index (χ1n) is 52.5. The second kappa shape index (κ2) is 46.9. The maximum Gasteiger partial charge on any atom is 0.294 e. The van der Waals surface area contributed by atoms with Gasteiger partial charge in [0.25, 0.3) is 29.1 Å². The van der Waals surface area contributed by atoms with Gasteiger partial charge in [0.15, 0.2) is 0 Å². The maximum absolute atomic E-state index is 14.0. The molecule has 0 spiro atoms. The summed E-state index contributed by atoms with van der Waals surface area (Å²) < 4.78 is 63.8. The molecule has 5 aromatic heterocycles. The molecule has 0 atom stereocenters. The van der Waals surface area contributed by atoms with Crippen LogP contribution in [0.5, 0.6) is 0 Å². The van der Waals surface area contributed by atoms with Crippen molar-refractivity contribution >= 4 is 0 Å². The Morgan fingerprint density at radius 3 is 0.664 bits per heavy atom. The molecule has 0 aliphatic carbocycles. The van der Waals surface area contributed by atoms with Gasteiger partial charge in [-0.3, -0.25) is 0 Å². The van der Waals surface area contributed by atoms with Gasteiger partial charge in [0.05, 0.1) is 63.1 Å². The average Bonchev–Trinajstić information content (AvgIpc) is 1.71. The molecule has 20 aromatic rings. The number of aryl methyl sites for hydroxylation is 10. The number of imidazole rings is 5. The van der Waals surface area contributed by atoms with E-state index in [-0.39, 0.29) is 17.5 Å². The standard InChI is InChI=1S/C32H30FN2.C29H32FN2.C29H25N2.C23H28FN2.C23H29N2/c1-22(2)26-20-29(24-11-7-5-8-12-24)31(30(21-26)25-13-9-6-10-14-25)35-18-17-34(4)32(35)28-16-15-27(33)19-23(28)3;1-19(2)26-17-23(22-10-8-7-9-11-22)18-27(20(3)4)28(26)32-15-14-31(6)29(32)25-13-12-24(30)16-21(25)5;1-22-12-9-10-17-25(22)29-30(2)20-21-31(29)28-26(23-13-5-3-6-14-23)18-11-19-27(28)24-15-7-4-8-16-24;1-15(2)19-8-7-9-20(16(3)4)22(19)26-13-12-25(6)23(26)21-11-10-18(24)14-17(21)5;1-16(2)19-12-9-13-20(17(3)4)22(19)25-15-14-24(6)23(25)21-11-8-7-10-18(21)5/h5-22H,1-4H3;7-20H,1-6H3;3-21H,1-2H3;7-16H,1-6H3;7-17H,1-6H3/q5*+1. The zero-order valence-corrected chi connectivity index (χ0v) is 91.2. The molecule has 10 nitrogen and oxygen atoms in total. The van der Waals surface area contributed by atoms with Gasteiger partial charge in [-0.1, -0.05) is 340 Å². The molecule has 0 bridgehead atoms. The zero-order chi connectivity index (χ0) is 106. The van der Waals surface area contributed by atoms with E-state index in [9.17, 15) is 13.2 Å².